The van der Waals surface area contributed by atoms with Gasteiger partial charge in [0.05, 0.1) is 0 Å². The first kappa shape index (κ1) is 14.3. The van der Waals surface area contributed by atoms with Gasteiger partial charge in [-0.05, 0) is 43.5 Å². The highest BCUT2D eigenvalue weighted by molar-refractivity contribution is 5.79. The average Bonchev–Trinajstić information content (AvgIpc) is 2.94. The maximum atomic E-state index is 12.9. The summed E-state index contributed by atoms with van der Waals surface area (Å²) in [5.74, 6) is 0.171. The molecule has 5 heteroatoms. The van der Waals surface area contributed by atoms with Crippen molar-refractivity contribution in [3.05, 3.63) is 30.1 Å². The topological polar surface area (TPSA) is 49.6 Å². The highest BCUT2D eigenvalue weighted by atomic mass is 19.1. The zero-order valence-electron chi connectivity index (χ0n) is 12.2. The molecule has 2 aliphatic rings. The number of rotatable bonds is 2. The molecule has 2 fully saturated rings. The molecule has 1 aliphatic heterocycles. The van der Waals surface area contributed by atoms with E-state index in [0.717, 1.165) is 51.1 Å². The lowest BCUT2D eigenvalue weighted by molar-refractivity contribution is -0.135. The Bertz CT molecular complexity index is 497. The third-order valence-electron chi connectivity index (χ3n) is 4.61. The molecule has 1 saturated carbocycles. The fraction of sp³-hybridized carbons (Fsp3) is 0.562. The van der Waals surface area contributed by atoms with Crippen LogP contribution in [0.4, 0.5) is 10.1 Å². The van der Waals surface area contributed by atoms with Crippen LogP contribution in [0, 0.1) is 11.7 Å². The standard InChI is InChI=1S/C16H22FN3O/c17-13-2-5-15(6-3-13)19-7-9-20(10-8-19)16(21)12-1-4-14(18)11-12/h2-3,5-6,12,14H,1,4,7-11,18H2. The average molecular weight is 291 g/mol. The van der Waals surface area contributed by atoms with Crippen molar-refractivity contribution < 1.29 is 9.18 Å². The Morgan fingerprint density at radius 2 is 1.76 bits per heavy atom. The predicted molar refractivity (Wildman–Crippen MR) is 80.5 cm³/mol. The molecule has 1 amide bonds. The Kier molecular flexibility index (Phi) is 4.10. The second-order valence-electron chi connectivity index (χ2n) is 6.06. The van der Waals surface area contributed by atoms with Crippen LogP contribution in [0.1, 0.15) is 19.3 Å². The molecule has 0 bridgehead atoms. The van der Waals surface area contributed by atoms with Crippen LogP contribution in [0.25, 0.3) is 0 Å². The Balaban J connectivity index is 1.55. The lowest BCUT2D eigenvalue weighted by Crippen LogP contribution is -2.50. The van der Waals surface area contributed by atoms with Gasteiger partial charge in [0, 0.05) is 43.8 Å². The Hall–Kier alpha value is -1.62. The maximum absolute atomic E-state index is 12.9. The molecule has 0 aromatic heterocycles. The zero-order valence-corrected chi connectivity index (χ0v) is 12.2. The van der Waals surface area contributed by atoms with Crippen molar-refractivity contribution in [1.29, 1.82) is 0 Å². The molecule has 0 spiro atoms. The summed E-state index contributed by atoms with van der Waals surface area (Å²) in [4.78, 5) is 16.6. The van der Waals surface area contributed by atoms with Crippen molar-refractivity contribution in [2.45, 2.75) is 25.3 Å². The fourth-order valence-corrected chi connectivity index (χ4v) is 3.34. The van der Waals surface area contributed by atoms with Crippen LogP contribution in [0.5, 0.6) is 0 Å². The van der Waals surface area contributed by atoms with Gasteiger partial charge in [-0.2, -0.15) is 0 Å². The van der Waals surface area contributed by atoms with Gasteiger partial charge in [0.1, 0.15) is 5.82 Å². The molecule has 1 heterocycles. The molecule has 2 unspecified atom stereocenters. The summed E-state index contributed by atoms with van der Waals surface area (Å²) < 4.78 is 12.9. The van der Waals surface area contributed by atoms with E-state index >= 15 is 0 Å². The monoisotopic (exact) mass is 291 g/mol. The molecule has 0 radical (unpaired) electrons. The highest BCUT2D eigenvalue weighted by Crippen LogP contribution is 2.27. The highest BCUT2D eigenvalue weighted by Gasteiger charge is 2.32. The Labute approximate surface area is 124 Å². The third-order valence-corrected chi connectivity index (χ3v) is 4.61. The quantitative estimate of drug-likeness (QED) is 0.900. The number of halogens is 1. The molecule has 3 rings (SSSR count). The minimum atomic E-state index is -0.217. The van der Waals surface area contributed by atoms with E-state index in [4.69, 9.17) is 5.73 Å². The zero-order chi connectivity index (χ0) is 14.8. The van der Waals surface area contributed by atoms with Crippen LogP contribution in [0.2, 0.25) is 0 Å². The van der Waals surface area contributed by atoms with Gasteiger partial charge in [0.25, 0.3) is 0 Å². The van der Waals surface area contributed by atoms with E-state index in [1.807, 2.05) is 4.90 Å². The summed E-state index contributed by atoms with van der Waals surface area (Å²) >= 11 is 0. The van der Waals surface area contributed by atoms with Crippen molar-refractivity contribution >= 4 is 11.6 Å². The lowest BCUT2D eigenvalue weighted by atomic mass is 10.1. The second-order valence-corrected chi connectivity index (χ2v) is 6.06. The molecule has 1 saturated heterocycles. The van der Waals surface area contributed by atoms with Gasteiger partial charge in [-0.15, -0.1) is 0 Å². The minimum Gasteiger partial charge on any atom is -0.368 e. The van der Waals surface area contributed by atoms with Crippen LogP contribution in [-0.2, 0) is 4.79 Å². The number of amides is 1. The molecule has 2 N–H and O–H groups in total. The van der Waals surface area contributed by atoms with Gasteiger partial charge in [0.2, 0.25) is 5.91 Å². The van der Waals surface area contributed by atoms with Crippen LogP contribution in [0.15, 0.2) is 24.3 Å². The molecule has 114 valence electrons. The molecule has 1 aromatic rings. The van der Waals surface area contributed by atoms with Gasteiger partial charge in [-0.25, -0.2) is 4.39 Å². The van der Waals surface area contributed by atoms with Crippen molar-refractivity contribution in [1.82, 2.24) is 4.90 Å². The Morgan fingerprint density at radius 3 is 2.33 bits per heavy atom. The van der Waals surface area contributed by atoms with Crippen LogP contribution in [-0.4, -0.2) is 43.0 Å². The first-order valence-electron chi connectivity index (χ1n) is 7.68. The van der Waals surface area contributed by atoms with Gasteiger partial charge in [0.15, 0.2) is 0 Å². The van der Waals surface area contributed by atoms with Crippen molar-refractivity contribution in [3.8, 4) is 0 Å². The minimum absolute atomic E-state index is 0.123. The van der Waals surface area contributed by atoms with Gasteiger partial charge in [-0.3, -0.25) is 4.79 Å². The molecule has 1 aromatic carbocycles. The lowest BCUT2D eigenvalue weighted by Gasteiger charge is -2.37. The molecule has 21 heavy (non-hydrogen) atoms. The summed E-state index contributed by atoms with van der Waals surface area (Å²) in [6.45, 7) is 3.08. The number of carbonyl (C=O) groups is 1. The number of nitrogens with zero attached hydrogens (tertiary/aromatic N) is 2. The summed E-state index contributed by atoms with van der Waals surface area (Å²) in [6.07, 6.45) is 2.72. The van der Waals surface area contributed by atoms with E-state index in [1.54, 1.807) is 12.1 Å². The number of anilines is 1. The number of nitrogens with two attached hydrogens (primary N) is 1. The van der Waals surface area contributed by atoms with Crippen LogP contribution in [0.3, 0.4) is 0 Å². The number of piperazine rings is 1. The van der Waals surface area contributed by atoms with E-state index < -0.39 is 0 Å². The summed E-state index contributed by atoms with van der Waals surface area (Å²) in [5.41, 5.74) is 6.91. The summed E-state index contributed by atoms with van der Waals surface area (Å²) in [5, 5.41) is 0. The molecular weight excluding hydrogens is 269 g/mol. The van der Waals surface area contributed by atoms with Gasteiger partial charge >= 0.3 is 0 Å². The Morgan fingerprint density at radius 1 is 1.10 bits per heavy atom. The van der Waals surface area contributed by atoms with Crippen LogP contribution >= 0.6 is 0 Å². The van der Waals surface area contributed by atoms with Crippen molar-refractivity contribution in [2.75, 3.05) is 31.1 Å². The third kappa shape index (κ3) is 3.18. The van der Waals surface area contributed by atoms with Gasteiger partial charge in [-0.1, -0.05) is 0 Å². The molecule has 2 atom stereocenters. The normalized spacial score (nSPS) is 26.2. The second kappa shape index (κ2) is 6.02. The van der Waals surface area contributed by atoms with E-state index in [2.05, 4.69) is 4.90 Å². The fourth-order valence-electron chi connectivity index (χ4n) is 3.34. The van der Waals surface area contributed by atoms with E-state index in [0.29, 0.717) is 0 Å². The van der Waals surface area contributed by atoms with E-state index in [-0.39, 0.29) is 23.7 Å². The van der Waals surface area contributed by atoms with E-state index in [9.17, 15) is 9.18 Å². The first-order chi connectivity index (χ1) is 10.1. The first-order valence-corrected chi connectivity index (χ1v) is 7.68. The largest absolute Gasteiger partial charge is 0.368 e. The molecular formula is C16H22FN3O. The number of hydrogen-bond acceptors (Lipinski definition) is 3. The van der Waals surface area contributed by atoms with Gasteiger partial charge < -0.3 is 15.5 Å². The molecule has 1 aliphatic carbocycles. The number of hydrogen-bond donors (Lipinski definition) is 1. The molecule has 4 nitrogen and oxygen atoms in total. The summed E-state index contributed by atoms with van der Waals surface area (Å²) in [7, 11) is 0. The van der Waals surface area contributed by atoms with Crippen molar-refractivity contribution in [3.63, 3.8) is 0 Å². The number of benzene rings is 1. The van der Waals surface area contributed by atoms with Crippen molar-refractivity contribution in [2.24, 2.45) is 11.7 Å². The SMILES string of the molecule is NC1CCC(C(=O)N2CCN(c3ccc(F)cc3)CC2)C1. The summed E-state index contributed by atoms with van der Waals surface area (Å²) in [6, 6.07) is 6.74. The van der Waals surface area contributed by atoms with Crippen LogP contribution < -0.4 is 10.6 Å². The smallest absolute Gasteiger partial charge is 0.225 e. The number of carbonyl (C=O) groups excluding carboxylic acids is 1. The maximum Gasteiger partial charge on any atom is 0.225 e. The predicted octanol–water partition coefficient (Wildman–Crippen LogP) is 1.60. The van der Waals surface area contributed by atoms with E-state index in [1.165, 1.54) is 12.1 Å².